The van der Waals surface area contributed by atoms with Crippen LogP contribution in [0.5, 0.6) is 0 Å². The van der Waals surface area contributed by atoms with Crippen LogP contribution in [0, 0.1) is 0 Å². The molecular formula is C12H15N3O4. The molecule has 0 saturated carbocycles. The van der Waals surface area contributed by atoms with Crippen LogP contribution in [0.15, 0.2) is 17.2 Å². The fraction of sp³-hybridized carbons (Fsp3) is 0.500. The Morgan fingerprint density at radius 2 is 2.26 bits per heavy atom. The Kier molecular flexibility index (Phi) is 3.94. The third kappa shape index (κ3) is 3.18. The van der Waals surface area contributed by atoms with Gasteiger partial charge in [0, 0.05) is 18.8 Å². The highest BCUT2D eigenvalue weighted by molar-refractivity contribution is 5.92. The highest BCUT2D eigenvalue weighted by atomic mass is 16.4. The first kappa shape index (κ1) is 13.3. The van der Waals surface area contributed by atoms with Crippen LogP contribution in [0.4, 0.5) is 0 Å². The quantitative estimate of drug-likeness (QED) is 0.814. The largest absolute Gasteiger partial charge is 0.481 e. The minimum atomic E-state index is -0.917. The molecule has 2 rings (SSSR count). The molecule has 0 aliphatic carbocycles. The van der Waals surface area contributed by atoms with Gasteiger partial charge in [0.2, 0.25) is 0 Å². The summed E-state index contributed by atoms with van der Waals surface area (Å²) in [5.74, 6) is -1.25. The Labute approximate surface area is 109 Å². The number of carbonyl (C=O) groups is 2. The van der Waals surface area contributed by atoms with Crippen LogP contribution >= 0.6 is 0 Å². The topological polar surface area (TPSA) is 103 Å². The first-order valence-electron chi connectivity index (χ1n) is 6.15. The number of hydrogen-bond acceptors (Lipinski definition) is 4. The lowest BCUT2D eigenvalue weighted by molar-refractivity contribution is -0.138. The summed E-state index contributed by atoms with van der Waals surface area (Å²) in [4.78, 5) is 41.7. The van der Waals surface area contributed by atoms with Crippen LogP contribution in [0.2, 0.25) is 0 Å². The molecule has 2 heterocycles. The van der Waals surface area contributed by atoms with Crippen LogP contribution in [-0.2, 0) is 4.79 Å². The normalized spacial score (nSPS) is 19.2. The lowest BCUT2D eigenvalue weighted by Crippen LogP contribution is -2.45. The maximum Gasteiger partial charge on any atom is 0.305 e. The maximum absolute atomic E-state index is 12.3. The molecule has 102 valence electrons. The third-order valence-corrected chi connectivity index (χ3v) is 3.19. The van der Waals surface area contributed by atoms with E-state index in [-0.39, 0.29) is 29.6 Å². The summed E-state index contributed by atoms with van der Waals surface area (Å²) < 4.78 is 0. The van der Waals surface area contributed by atoms with E-state index < -0.39 is 5.97 Å². The Hall–Kier alpha value is -2.18. The van der Waals surface area contributed by atoms with Gasteiger partial charge in [-0.15, -0.1) is 0 Å². The van der Waals surface area contributed by atoms with Gasteiger partial charge in [-0.2, -0.15) is 0 Å². The van der Waals surface area contributed by atoms with E-state index in [0.717, 1.165) is 19.0 Å². The number of rotatable bonds is 3. The van der Waals surface area contributed by atoms with Crippen molar-refractivity contribution < 1.29 is 14.7 Å². The SMILES string of the molecule is O=C(O)CC1CCCCN1C(=O)c1c[nH]c(=O)cn1. The highest BCUT2D eigenvalue weighted by Gasteiger charge is 2.29. The summed E-state index contributed by atoms with van der Waals surface area (Å²) in [5, 5.41) is 8.87. The third-order valence-electron chi connectivity index (χ3n) is 3.19. The number of hydrogen-bond donors (Lipinski definition) is 2. The lowest BCUT2D eigenvalue weighted by Gasteiger charge is -2.34. The van der Waals surface area contributed by atoms with Crippen molar-refractivity contribution in [2.75, 3.05) is 6.54 Å². The van der Waals surface area contributed by atoms with E-state index in [1.807, 2.05) is 0 Å². The molecule has 1 aromatic rings. The van der Waals surface area contributed by atoms with Gasteiger partial charge in [-0.25, -0.2) is 4.98 Å². The molecule has 0 radical (unpaired) electrons. The molecule has 1 unspecified atom stereocenters. The fourth-order valence-electron chi connectivity index (χ4n) is 2.29. The summed E-state index contributed by atoms with van der Waals surface area (Å²) in [7, 11) is 0. The fourth-order valence-corrected chi connectivity index (χ4v) is 2.29. The molecule has 1 aliphatic rings. The van der Waals surface area contributed by atoms with Gasteiger partial charge in [-0.3, -0.25) is 14.4 Å². The second-order valence-corrected chi connectivity index (χ2v) is 4.54. The van der Waals surface area contributed by atoms with Crippen molar-refractivity contribution in [1.29, 1.82) is 0 Å². The number of H-pyrrole nitrogens is 1. The Bertz CT molecular complexity index is 520. The zero-order valence-corrected chi connectivity index (χ0v) is 10.3. The second-order valence-electron chi connectivity index (χ2n) is 4.54. The molecule has 1 aliphatic heterocycles. The van der Waals surface area contributed by atoms with Crippen LogP contribution in [0.25, 0.3) is 0 Å². The van der Waals surface area contributed by atoms with Crippen molar-refractivity contribution in [1.82, 2.24) is 14.9 Å². The zero-order valence-electron chi connectivity index (χ0n) is 10.3. The summed E-state index contributed by atoms with van der Waals surface area (Å²) in [6, 6.07) is -0.299. The molecular weight excluding hydrogens is 250 g/mol. The number of aliphatic carboxylic acids is 1. The van der Waals surface area contributed by atoms with Crippen LogP contribution in [0.1, 0.15) is 36.2 Å². The summed E-state index contributed by atoms with van der Waals surface area (Å²) in [6.45, 7) is 0.525. The van der Waals surface area contributed by atoms with Crippen LogP contribution in [0.3, 0.4) is 0 Å². The number of carboxylic acid groups (broad SMARTS) is 1. The minimum absolute atomic E-state index is 0.0604. The van der Waals surface area contributed by atoms with E-state index in [4.69, 9.17) is 5.11 Å². The summed E-state index contributed by atoms with van der Waals surface area (Å²) in [6.07, 6.45) is 4.70. The van der Waals surface area contributed by atoms with E-state index in [1.54, 1.807) is 0 Å². The number of amides is 1. The number of likely N-dealkylation sites (tertiary alicyclic amines) is 1. The number of carbonyl (C=O) groups excluding carboxylic acids is 1. The Morgan fingerprint density at radius 3 is 2.89 bits per heavy atom. The average Bonchev–Trinajstić information content (AvgIpc) is 2.39. The Balaban J connectivity index is 2.17. The first-order valence-corrected chi connectivity index (χ1v) is 6.15. The molecule has 7 nitrogen and oxygen atoms in total. The smallest absolute Gasteiger partial charge is 0.305 e. The van der Waals surface area contributed by atoms with Gasteiger partial charge < -0.3 is 15.0 Å². The molecule has 0 aromatic carbocycles. The van der Waals surface area contributed by atoms with Crippen molar-refractivity contribution in [3.63, 3.8) is 0 Å². The minimum Gasteiger partial charge on any atom is -0.481 e. The molecule has 19 heavy (non-hydrogen) atoms. The van der Waals surface area contributed by atoms with Gasteiger partial charge in [0.25, 0.3) is 11.5 Å². The highest BCUT2D eigenvalue weighted by Crippen LogP contribution is 2.21. The number of carboxylic acids is 1. The average molecular weight is 265 g/mol. The van der Waals surface area contributed by atoms with E-state index in [1.165, 1.54) is 11.1 Å². The maximum atomic E-state index is 12.3. The summed E-state index contributed by atoms with van der Waals surface area (Å²) >= 11 is 0. The van der Waals surface area contributed by atoms with Gasteiger partial charge in [-0.05, 0) is 19.3 Å². The molecule has 2 N–H and O–H groups in total. The zero-order chi connectivity index (χ0) is 13.8. The van der Waals surface area contributed by atoms with Crippen molar-refractivity contribution in [3.8, 4) is 0 Å². The van der Waals surface area contributed by atoms with E-state index in [2.05, 4.69) is 9.97 Å². The molecule has 0 spiro atoms. The molecule has 1 aromatic heterocycles. The van der Waals surface area contributed by atoms with E-state index >= 15 is 0 Å². The van der Waals surface area contributed by atoms with Crippen molar-refractivity contribution in [2.45, 2.75) is 31.7 Å². The number of aromatic amines is 1. The number of nitrogens with zero attached hydrogens (tertiary/aromatic N) is 2. The second kappa shape index (κ2) is 5.64. The monoisotopic (exact) mass is 265 g/mol. The van der Waals surface area contributed by atoms with Gasteiger partial charge in [0.1, 0.15) is 5.69 Å². The standard InChI is InChI=1S/C12H15N3O4/c16-10-7-13-9(6-14-10)12(19)15-4-2-1-3-8(15)5-11(17)18/h6-8H,1-5H2,(H,14,16)(H,17,18). The van der Waals surface area contributed by atoms with Crippen LogP contribution in [-0.4, -0.2) is 44.4 Å². The number of aromatic nitrogens is 2. The predicted octanol–water partition coefficient (Wildman–Crippen LogP) is 0.239. The molecule has 1 amide bonds. The molecule has 1 saturated heterocycles. The van der Waals surface area contributed by atoms with Crippen molar-refractivity contribution >= 4 is 11.9 Å². The van der Waals surface area contributed by atoms with Crippen molar-refractivity contribution in [3.05, 3.63) is 28.4 Å². The first-order chi connectivity index (χ1) is 9.08. The van der Waals surface area contributed by atoms with Gasteiger partial charge >= 0.3 is 5.97 Å². The lowest BCUT2D eigenvalue weighted by atomic mass is 9.99. The molecule has 1 fully saturated rings. The predicted molar refractivity (Wildman–Crippen MR) is 65.8 cm³/mol. The van der Waals surface area contributed by atoms with Gasteiger partial charge in [-0.1, -0.05) is 0 Å². The number of nitrogens with one attached hydrogen (secondary N) is 1. The van der Waals surface area contributed by atoms with Gasteiger partial charge in [0.05, 0.1) is 12.6 Å². The molecule has 1 atom stereocenters. The van der Waals surface area contributed by atoms with E-state index in [0.29, 0.717) is 13.0 Å². The molecule has 7 heteroatoms. The van der Waals surface area contributed by atoms with Gasteiger partial charge in [0.15, 0.2) is 0 Å². The van der Waals surface area contributed by atoms with Crippen molar-refractivity contribution in [2.24, 2.45) is 0 Å². The molecule has 0 bridgehead atoms. The number of piperidine rings is 1. The summed E-state index contributed by atoms with van der Waals surface area (Å²) in [5.41, 5.74) is -0.242. The van der Waals surface area contributed by atoms with E-state index in [9.17, 15) is 14.4 Å². The van der Waals surface area contributed by atoms with Crippen LogP contribution < -0.4 is 5.56 Å². The Morgan fingerprint density at radius 1 is 1.47 bits per heavy atom.